The molecule has 1 amide bonds. The van der Waals surface area contributed by atoms with Crippen LogP contribution in [0.15, 0.2) is 40.2 Å². The summed E-state index contributed by atoms with van der Waals surface area (Å²) in [5.41, 5.74) is 0.0555. The fourth-order valence-electron chi connectivity index (χ4n) is 3.08. The lowest BCUT2D eigenvalue weighted by molar-refractivity contribution is -0.133. The number of fused-ring (bicyclic) bond motifs is 1. The van der Waals surface area contributed by atoms with Crippen LogP contribution in [-0.2, 0) is 25.4 Å². The first-order chi connectivity index (χ1) is 12.7. The largest absolute Gasteiger partial charge is 0.340 e. The van der Waals surface area contributed by atoms with Gasteiger partial charge in [-0.1, -0.05) is 12.1 Å². The van der Waals surface area contributed by atoms with E-state index in [2.05, 4.69) is 4.98 Å². The van der Waals surface area contributed by atoms with Crippen LogP contribution < -0.4 is 11.2 Å². The SMILES string of the molecule is CC(C(=O)N(C)Cc1cccc(F)c1)n1cnc2c1c(=O)n(C)c(=O)n2C. The second-order valence-electron chi connectivity index (χ2n) is 6.53. The summed E-state index contributed by atoms with van der Waals surface area (Å²) in [6.45, 7) is 1.88. The molecule has 1 atom stereocenters. The molecule has 0 saturated carbocycles. The van der Waals surface area contributed by atoms with Crippen molar-refractivity contribution >= 4 is 17.1 Å². The molecule has 9 heteroatoms. The van der Waals surface area contributed by atoms with Crippen molar-refractivity contribution in [1.29, 1.82) is 0 Å². The van der Waals surface area contributed by atoms with E-state index in [1.54, 1.807) is 26.1 Å². The summed E-state index contributed by atoms with van der Waals surface area (Å²) < 4.78 is 17.1. The zero-order valence-corrected chi connectivity index (χ0v) is 15.5. The number of rotatable bonds is 4. The summed E-state index contributed by atoms with van der Waals surface area (Å²) in [6.07, 6.45) is 1.38. The van der Waals surface area contributed by atoms with E-state index < -0.39 is 17.3 Å². The van der Waals surface area contributed by atoms with Gasteiger partial charge >= 0.3 is 5.69 Å². The molecule has 3 rings (SSSR count). The second kappa shape index (κ2) is 6.82. The van der Waals surface area contributed by atoms with Gasteiger partial charge in [-0.05, 0) is 24.6 Å². The number of carbonyl (C=O) groups is 1. The average molecular weight is 373 g/mol. The van der Waals surface area contributed by atoms with Gasteiger partial charge in [0.1, 0.15) is 11.9 Å². The molecule has 2 heterocycles. The van der Waals surface area contributed by atoms with Crippen LogP contribution in [0.2, 0.25) is 0 Å². The van der Waals surface area contributed by atoms with Gasteiger partial charge in [0.05, 0.1) is 6.33 Å². The molecular formula is C18H20FN5O3. The van der Waals surface area contributed by atoms with E-state index in [0.717, 1.165) is 4.57 Å². The molecule has 2 aromatic heterocycles. The molecule has 142 valence electrons. The number of nitrogens with zero attached hydrogens (tertiary/aromatic N) is 5. The van der Waals surface area contributed by atoms with E-state index in [4.69, 9.17) is 0 Å². The first kappa shape index (κ1) is 18.6. The van der Waals surface area contributed by atoms with Crippen molar-refractivity contribution < 1.29 is 9.18 Å². The first-order valence-electron chi connectivity index (χ1n) is 8.34. The van der Waals surface area contributed by atoms with Crippen molar-refractivity contribution in [3.63, 3.8) is 0 Å². The highest BCUT2D eigenvalue weighted by Crippen LogP contribution is 2.16. The monoisotopic (exact) mass is 373 g/mol. The Balaban J connectivity index is 1.96. The van der Waals surface area contributed by atoms with Crippen LogP contribution >= 0.6 is 0 Å². The lowest BCUT2D eigenvalue weighted by Crippen LogP contribution is -2.38. The van der Waals surface area contributed by atoms with Crippen LogP contribution in [-0.4, -0.2) is 36.5 Å². The minimum Gasteiger partial charge on any atom is -0.340 e. The van der Waals surface area contributed by atoms with Crippen LogP contribution in [0.1, 0.15) is 18.5 Å². The summed E-state index contributed by atoms with van der Waals surface area (Å²) in [7, 11) is 4.50. The van der Waals surface area contributed by atoms with Crippen molar-refractivity contribution in [1.82, 2.24) is 23.6 Å². The molecule has 1 aromatic carbocycles. The zero-order chi connectivity index (χ0) is 19.9. The smallest absolute Gasteiger partial charge is 0.332 e. The fraction of sp³-hybridized carbons (Fsp3) is 0.333. The highest BCUT2D eigenvalue weighted by molar-refractivity contribution is 5.82. The normalized spacial score (nSPS) is 12.3. The quantitative estimate of drug-likeness (QED) is 0.677. The van der Waals surface area contributed by atoms with Gasteiger partial charge in [-0.3, -0.25) is 18.7 Å². The minimum atomic E-state index is -0.723. The van der Waals surface area contributed by atoms with Gasteiger partial charge in [0.2, 0.25) is 5.91 Å². The summed E-state index contributed by atoms with van der Waals surface area (Å²) in [5, 5.41) is 0. The molecular weight excluding hydrogens is 353 g/mol. The third kappa shape index (κ3) is 3.16. The predicted molar refractivity (Wildman–Crippen MR) is 97.8 cm³/mol. The van der Waals surface area contributed by atoms with Gasteiger partial charge < -0.3 is 9.47 Å². The molecule has 0 bridgehead atoms. The Morgan fingerprint density at radius 1 is 1.26 bits per heavy atom. The predicted octanol–water partition coefficient (Wildman–Crippen LogP) is 0.792. The van der Waals surface area contributed by atoms with Crippen LogP contribution in [0.3, 0.4) is 0 Å². The van der Waals surface area contributed by atoms with Crippen LogP contribution in [0.25, 0.3) is 11.2 Å². The fourth-order valence-corrected chi connectivity index (χ4v) is 3.08. The topological polar surface area (TPSA) is 82.1 Å². The molecule has 0 N–H and O–H groups in total. The Labute approximate surface area is 154 Å². The number of aryl methyl sites for hydroxylation is 1. The highest BCUT2D eigenvalue weighted by Gasteiger charge is 2.24. The number of halogens is 1. The Morgan fingerprint density at radius 3 is 2.63 bits per heavy atom. The molecule has 0 saturated heterocycles. The van der Waals surface area contributed by atoms with Crippen molar-refractivity contribution in [2.75, 3.05) is 7.05 Å². The van der Waals surface area contributed by atoms with Gasteiger partial charge in [-0.15, -0.1) is 0 Å². The number of hydrogen-bond donors (Lipinski definition) is 0. The number of likely N-dealkylation sites (N-methyl/N-ethyl adjacent to an activating group) is 1. The van der Waals surface area contributed by atoms with Gasteiger partial charge in [0.25, 0.3) is 5.56 Å². The Hall–Kier alpha value is -3.23. The van der Waals surface area contributed by atoms with Gasteiger partial charge in [-0.25, -0.2) is 14.2 Å². The van der Waals surface area contributed by atoms with Crippen molar-refractivity contribution in [3.05, 3.63) is 62.8 Å². The molecule has 0 aliphatic rings. The second-order valence-corrected chi connectivity index (χ2v) is 6.53. The van der Waals surface area contributed by atoms with Crippen molar-refractivity contribution in [2.45, 2.75) is 19.5 Å². The van der Waals surface area contributed by atoms with E-state index in [9.17, 15) is 18.8 Å². The Kier molecular flexibility index (Phi) is 4.69. The maximum Gasteiger partial charge on any atom is 0.332 e. The molecule has 0 aliphatic carbocycles. The van der Waals surface area contributed by atoms with Gasteiger partial charge in [0, 0.05) is 27.7 Å². The number of benzene rings is 1. The van der Waals surface area contributed by atoms with Crippen LogP contribution in [0.5, 0.6) is 0 Å². The van der Waals surface area contributed by atoms with E-state index in [-0.39, 0.29) is 29.4 Å². The van der Waals surface area contributed by atoms with E-state index in [0.29, 0.717) is 5.56 Å². The average Bonchev–Trinajstić information content (AvgIpc) is 3.08. The third-order valence-electron chi connectivity index (χ3n) is 4.63. The standard InChI is InChI=1S/C18H20FN5O3/c1-11(16(25)21(2)9-12-6-5-7-13(19)8-12)24-10-20-15-14(24)17(26)23(4)18(27)22(15)3/h5-8,10-11H,9H2,1-4H3. The minimum absolute atomic E-state index is 0.180. The van der Waals surface area contributed by atoms with Crippen molar-refractivity contribution in [2.24, 2.45) is 14.1 Å². The van der Waals surface area contributed by atoms with Gasteiger partial charge in [-0.2, -0.15) is 0 Å². The molecule has 0 radical (unpaired) electrons. The summed E-state index contributed by atoms with van der Waals surface area (Å²) in [5.74, 6) is -0.638. The summed E-state index contributed by atoms with van der Waals surface area (Å²) in [6, 6.07) is 5.30. The van der Waals surface area contributed by atoms with Gasteiger partial charge in [0.15, 0.2) is 11.2 Å². The number of aromatic nitrogens is 4. The van der Waals surface area contributed by atoms with E-state index >= 15 is 0 Å². The van der Waals surface area contributed by atoms with Crippen LogP contribution in [0, 0.1) is 5.82 Å². The zero-order valence-electron chi connectivity index (χ0n) is 15.5. The molecule has 27 heavy (non-hydrogen) atoms. The van der Waals surface area contributed by atoms with Crippen LogP contribution in [0.4, 0.5) is 4.39 Å². The molecule has 0 spiro atoms. The first-order valence-corrected chi connectivity index (χ1v) is 8.34. The number of carbonyl (C=O) groups excluding carboxylic acids is 1. The number of imidazole rings is 1. The summed E-state index contributed by atoms with van der Waals surface area (Å²) >= 11 is 0. The number of amides is 1. The highest BCUT2D eigenvalue weighted by atomic mass is 19.1. The Morgan fingerprint density at radius 2 is 1.96 bits per heavy atom. The van der Waals surface area contributed by atoms with E-state index in [1.165, 1.54) is 46.6 Å². The Bertz CT molecular complexity index is 1140. The van der Waals surface area contributed by atoms with E-state index in [1.807, 2.05) is 0 Å². The molecule has 0 aliphatic heterocycles. The lowest BCUT2D eigenvalue weighted by atomic mass is 10.2. The molecule has 8 nitrogen and oxygen atoms in total. The lowest BCUT2D eigenvalue weighted by Gasteiger charge is -2.22. The molecule has 1 unspecified atom stereocenters. The molecule has 0 fully saturated rings. The summed E-state index contributed by atoms with van der Waals surface area (Å²) in [4.78, 5) is 43.0. The maximum atomic E-state index is 13.3. The molecule has 3 aromatic rings. The maximum absolute atomic E-state index is 13.3. The van der Waals surface area contributed by atoms with Crippen molar-refractivity contribution in [3.8, 4) is 0 Å². The third-order valence-corrected chi connectivity index (χ3v) is 4.63. The number of hydrogen-bond acceptors (Lipinski definition) is 4.